The molecule has 0 fully saturated rings. The van der Waals surface area contributed by atoms with E-state index in [0.29, 0.717) is 0 Å². The number of hydrogen-bond donors (Lipinski definition) is 1. The van der Waals surface area contributed by atoms with E-state index in [1.807, 2.05) is 11.3 Å². The van der Waals surface area contributed by atoms with E-state index in [9.17, 15) is 0 Å². The number of nitrogens with one attached hydrogen (secondary N) is 1. The van der Waals surface area contributed by atoms with E-state index in [-0.39, 0.29) is 5.54 Å². The fraction of sp³-hybridized carbons (Fsp3) is 0.769. The van der Waals surface area contributed by atoms with Gasteiger partial charge in [0.1, 0.15) is 0 Å². The smallest absolute Gasteiger partial charge is 0.183 e. The molecule has 16 heavy (non-hydrogen) atoms. The summed E-state index contributed by atoms with van der Waals surface area (Å²) in [5, 5.41) is 4.60. The molecule has 0 saturated carbocycles. The predicted molar refractivity (Wildman–Crippen MR) is 71.4 cm³/mol. The van der Waals surface area contributed by atoms with Gasteiger partial charge in [-0.05, 0) is 46.5 Å². The van der Waals surface area contributed by atoms with Gasteiger partial charge in [-0.3, -0.25) is 0 Å². The minimum absolute atomic E-state index is 0.118. The van der Waals surface area contributed by atoms with Crippen molar-refractivity contribution in [2.24, 2.45) is 0 Å². The van der Waals surface area contributed by atoms with Gasteiger partial charge in [0.05, 0.1) is 5.69 Å². The maximum Gasteiger partial charge on any atom is 0.183 e. The zero-order valence-corrected chi connectivity index (χ0v) is 11.4. The average Bonchev–Trinajstić information content (AvgIpc) is 2.44. The second kappa shape index (κ2) is 4.74. The zero-order chi connectivity index (χ0) is 11.6. The molecule has 2 nitrogen and oxygen atoms in total. The molecule has 0 aromatic carbocycles. The number of nitrogens with zero attached hydrogens (tertiary/aromatic N) is 1. The molecule has 1 aromatic heterocycles. The van der Waals surface area contributed by atoms with E-state index in [1.54, 1.807) is 0 Å². The summed E-state index contributed by atoms with van der Waals surface area (Å²) >= 11 is 1.86. The third-order valence-electron chi connectivity index (χ3n) is 2.83. The van der Waals surface area contributed by atoms with Crippen molar-refractivity contribution in [2.45, 2.75) is 64.8 Å². The molecule has 0 atom stereocenters. The van der Waals surface area contributed by atoms with Gasteiger partial charge in [0.2, 0.25) is 0 Å². The van der Waals surface area contributed by atoms with Gasteiger partial charge < -0.3 is 5.32 Å². The van der Waals surface area contributed by atoms with Crippen LogP contribution in [0.3, 0.4) is 0 Å². The van der Waals surface area contributed by atoms with Gasteiger partial charge in [0.25, 0.3) is 0 Å². The number of thiazole rings is 1. The maximum atomic E-state index is 4.75. The van der Waals surface area contributed by atoms with Crippen LogP contribution >= 0.6 is 11.3 Å². The van der Waals surface area contributed by atoms with Gasteiger partial charge in [0, 0.05) is 10.4 Å². The van der Waals surface area contributed by atoms with Crippen LogP contribution in [-0.2, 0) is 12.8 Å². The van der Waals surface area contributed by atoms with Crippen molar-refractivity contribution in [3.8, 4) is 0 Å². The average molecular weight is 238 g/mol. The first-order valence-electron chi connectivity index (χ1n) is 6.31. The SMILES string of the molecule is CC(C)(C)Nc1nc2c(s1)CCCCCC2. The highest BCUT2D eigenvalue weighted by Crippen LogP contribution is 2.29. The van der Waals surface area contributed by atoms with Crippen LogP contribution in [0.4, 0.5) is 5.13 Å². The molecule has 0 aliphatic heterocycles. The van der Waals surface area contributed by atoms with E-state index in [0.717, 1.165) is 5.13 Å². The van der Waals surface area contributed by atoms with Gasteiger partial charge in [0.15, 0.2) is 5.13 Å². The number of fused-ring (bicyclic) bond motifs is 1. The Bertz CT molecular complexity index is 324. The Morgan fingerprint density at radius 1 is 1.06 bits per heavy atom. The summed E-state index contributed by atoms with van der Waals surface area (Å²) in [4.78, 5) is 6.27. The van der Waals surface area contributed by atoms with E-state index in [1.165, 1.54) is 49.1 Å². The van der Waals surface area contributed by atoms with Crippen LogP contribution in [0, 0.1) is 0 Å². The van der Waals surface area contributed by atoms with Crippen molar-refractivity contribution in [2.75, 3.05) is 5.32 Å². The highest BCUT2D eigenvalue weighted by Gasteiger charge is 2.16. The highest BCUT2D eigenvalue weighted by atomic mass is 32.1. The third kappa shape index (κ3) is 3.21. The van der Waals surface area contributed by atoms with Crippen LogP contribution in [0.15, 0.2) is 0 Å². The summed E-state index contributed by atoms with van der Waals surface area (Å²) in [7, 11) is 0. The topological polar surface area (TPSA) is 24.9 Å². The van der Waals surface area contributed by atoms with Gasteiger partial charge >= 0.3 is 0 Å². The van der Waals surface area contributed by atoms with Crippen LogP contribution < -0.4 is 5.32 Å². The fourth-order valence-electron chi connectivity index (χ4n) is 2.08. The molecule has 3 heteroatoms. The van der Waals surface area contributed by atoms with Gasteiger partial charge in [-0.25, -0.2) is 4.98 Å². The molecule has 0 spiro atoms. The molecule has 0 saturated heterocycles. The van der Waals surface area contributed by atoms with Crippen LogP contribution in [0.2, 0.25) is 0 Å². The fourth-order valence-corrected chi connectivity index (χ4v) is 3.34. The lowest BCUT2D eigenvalue weighted by Gasteiger charge is -2.19. The zero-order valence-electron chi connectivity index (χ0n) is 10.6. The minimum atomic E-state index is 0.118. The Morgan fingerprint density at radius 3 is 2.44 bits per heavy atom. The number of hydrogen-bond acceptors (Lipinski definition) is 3. The summed E-state index contributed by atoms with van der Waals surface area (Å²) in [5.74, 6) is 0. The van der Waals surface area contributed by atoms with Crippen LogP contribution in [0.5, 0.6) is 0 Å². The molecule has 0 bridgehead atoms. The molecule has 2 rings (SSSR count). The second-order valence-corrected chi connectivity index (χ2v) is 6.76. The number of aryl methyl sites for hydroxylation is 2. The second-order valence-electron chi connectivity index (χ2n) is 5.68. The number of aromatic nitrogens is 1. The molecule has 1 aliphatic carbocycles. The Hall–Kier alpha value is -0.570. The highest BCUT2D eigenvalue weighted by molar-refractivity contribution is 7.15. The summed E-state index contributed by atoms with van der Waals surface area (Å²) in [6.45, 7) is 6.56. The van der Waals surface area contributed by atoms with E-state index < -0.39 is 0 Å². The molecule has 90 valence electrons. The summed E-state index contributed by atoms with van der Waals surface area (Å²) in [6.07, 6.45) is 7.82. The van der Waals surface area contributed by atoms with E-state index in [2.05, 4.69) is 26.1 Å². The molecule has 0 radical (unpaired) electrons. The Morgan fingerprint density at radius 2 is 1.75 bits per heavy atom. The van der Waals surface area contributed by atoms with Crippen molar-refractivity contribution in [1.82, 2.24) is 4.98 Å². The molecular weight excluding hydrogens is 216 g/mol. The Kier molecular flexibility index (Phi) is 3.53. The van der Waals surface area contributed by atoms with Crippen LogP contribution in [0.25, 0.3) is 0 Å². The van der Waals surface area contributed by atoms with Crippen molar-refractivity contribution in [3.05, 3.63) is 10.6 Å². The number of anilines is 1. The van der Waals surface area contributed by atoms with Crippen molar-refractivity contribution < 1.29 is 0 Å². The first-order chi connectivity index (χ1) is 7.54. The quantitative estimate of drug-likeness (QED) is 0.799. The monoisotopic (exact) mass is 238 g/mol. The van der Waals surface area contributed by atoms with E-state index >= 15 is 0 Å². The van der Waals surface area contributed by atoms with Gasteiger partial charge in [-0.2, -0.15) is 0 Å². The molecule has 1 heterocycles. The standard InChI is InChI=1S/C13H22N2S/c1-13(2,3)15-12-14-10-8-6-4-5-7-9-11(10)16-12/h4-9H2,1-3H3,(H,14,15). The summed E-state index contributed by atoms with van der Waals surface area (Å²) in [6, 6.07) is 0. The van der Waals surface area contributed by atoms with Gasteiger partial charge in [-0.15, -0.1) is 11.3 Å². The lowest BCUT2D eigenvalue weighted by molar-refractivity contribution is 0.613. The maximum absolute atomic E-state index is 4.75. The molecule has 1 aliphatic rings. The number of rotatable bonds is 1. The first-order valence-corrected chi connectivity index (χ1v) is 7.13. The van der Waals surface area contributed by atoms with Crippen molar-refractivity contribution in [1.29, 1.82) is 0 Å². The normalized spacial score (nSPS) is 17.4. The molecule has 0 amide bonds. The van der Waals surface area contributed by atoms with Gasteiger partial charge in [-0.1, -0.05) is 12.8 Å². The molecule has 0 unspecified atom stereocenters. The summed E-state index contributed by atoms with van der Waals surface area (Å²) in [5.41, 5.74) is 1.48. The van der Waals surface area contributed by atoms with Crippen molar-refractivity contribution >= 4 is 16.5 Å². The first kappa shape index (κ1) is 11.9. The van der Waals surface area contributed by atoms with E-state index in [4.69, 9.17) is 4.98 Å². The van der Waals surface area contributed by atoms with Crippen LogP contribution in [-0.4, -0.2) is 10.5 Å². The molecule has 1 N–H and O–H groups in total. The predicted octanol–water partition coefficient (Wildman–Crippen LogP) is 4.01. The molecule has 1 aromatic rings. The Labute approximate surface area is 102 Å². The summed E-state index contributed by atoms with van der Waals surface area (Å²) < 4.78 is 0. The largest absolute Gasteiger partial charge is 0.357 e. The van der Waals surface area contributed by atoms with Crippen LogP contribution in [0.1, 0.15) is 57.0 Å². The third-order valence-corrected chi connectivity index (χ3v) is 3.90. The molecular formula is C13H22N2S. The Balaban J connectivity index is 2.14. The minimum Gasteiger partial charge on any atom is -0.357 e. The van der Waals surface area contributed by atoms with Crippen molar-refractivity contribution in [3.63, 3.8) is 0 Å². The lowest BCUT2D eigenvalue weighted by atomic mass is 10.0. The lowest BCUT2D eigenvalue weighted by Crippen LogP contribution is -2.25.